The Morgan fingerprint density at radius 3 is 1.97 bits per heavy atom. The van der Waals surface area contributed by atoms with E-state index in [1.54, 1.807) is 0 Å². The van der Waals surface area contributed by atoms with E-state index in [0.29, 0.717) is 26.2 Å². The van der Waals surface area contributed by atoms with E-state index in [0.717, 1.165) is 22.3 Å². The van der Waals surface area contributed by atoms with Crippen LogP contribution in [0, 0.1) is 0 Å². The molecule has 1 unspecified atom stereocenters. The first-order valence-electron chi connectivity index (χ1n) is 11.1. The van der Waals surface area contributed by atoms with Crippen molar-refractivity contribution < 1.29 is 19.1 Å². The van der Waals surface area contributed by atoms with Crippen LogP contribution in [0.3, 0.4) is 0 Å². The van der Waals surface area contributed by atoms with E-state index in [4.69, 9.17) is 9.47 Å². The Balaban J connectivity index is 1.57. The van der Waals surface area contributed by atoms with Crippen molar-refractivity contribution in [2.45, 2.75) is 39.1 Å². The average Bonchev–Trinajstić information content (AvgIpc) is 2.86. The molecule has 0 aliphatic heterocycles. The van der Waals surface area contributed by atoms with Crippen LogP contribution in [0.4, 0.5) is 4.79 Å². The third-order valence-electron chi connectivity index (χ3n) is 5.07. The zero-order valence-corrected chi connectivity index (χ0v) is 18.8. The van der Waals surface area contributed by atoms with Crippen LogP contribution in [-0.2, 0) is 40.4 Å². The Hall–Kier alpha value is -3.64. The zero-order valence-electron chi connectivity index (χ0n) is 18.8. The minimum atomic E-state index is -0.757. The SMILES string of the molecule is CCOCc1ccc(CNC(=O)C(Cc2ccccc2)NC(=O)OCc2ccccc2)cc1. The van der Waals surface area contributed by atoms with Crippen molar-refractivity contribution in [1.82, 2.24) is 10.6 Å². The van der Waals surface area contributed by atoms with Gasteiger partial charge in [0.1, 0.15) is 12.6 Å². The number of amides is 2. The zero-order chi connectivity index (χ0) is 23.3. The number of nitrogens with one attached hydrogen (secondary N) is 2. The van der Waals surface area contributed by atoms with Crippen molar-refractivity contribution in [3.05, 3.63) is 107 Å². The van der Waals surface area contributed by atoms with Crippen LogP contribution < -0.4 is 10.6 Å². The van der Waals surface area contributed by atoms with E-state index in [2.05, 4.69) is 10.6 Å². The van der Waals surface area contributed by atoms with Crippen molar-refractivity contribution >= 4 is 12.0 Å². The van der Waals surface area contributed by atoms with E-state index in [1.165, 1.54) is 0 Å². The molecule has 0 saturated carbocycles. The maximum absolute atomic E-state index is 12.9. The fourth-order valence-corrected chi connectivity index (χ4v) is 3.25. The molecule has 2 N–H and O–H groups in total. The Labute approximate surface area is 194 Å². The third kappa shape index (κ3) is 8.43. The second-order valence-corrected chi connectivity index (χ2v) is 7.62. The summed E-state index contributed by atoms with van der Waals surface area (Å²) < 4.78 is 10.7. The minimum Gasteiger partial charge on any atom is -0.445 e. The Kier molecular flexibility index (Phi) is 9.48. The largest absolute Gasteiger partial charge is 0.445 e. The van der Waals surface area contributed by atoms with Gasteiger partial charge in [-0.25, -0.2) is 4.79 Å². The topological polar surface area (TPSA) is 76.7 Å². The molecule has 0 saturated heterocycles. The molecule has 0 fully saturated rings. The van der Waals surface area contributed by atoms with E-state index >= 15 is 0 Å². The molecule has 0 bridgehead atoms. The van der Waals surface area contributed by atoms with Crippen LogP contribution in [0.1, 0.15) is 29.2 Å². The van der Waals surface area contributed by atoms with Crippen LogP contribution in [0.5, 0.6) is 0 Å². The van der Waals surface area contributed by atoms with Crippen LogP contribution >= 0.6 is 0 Å². The van der Waals surface area contributed by atoms with Gasteiger partial charge >= 0.3 is 6.09 Å². The van der Waals surface area contributed by atoms with E-state index in [9.17, 15) is 9.59 Å². The second-order valence-electron chi connectivity index (χ2n) is 7.62. The highest BCUT2D eigenvalue weighted by Gasteiger charge is 2.22. The lowest BCUT2D eigenvalue weighted by Crippen LogP contribution is -2.48. The number of hydrogen-bond acceptors (Lipinski definition) is 4. The summed E-state index contributed by atoms with van der Waals surface area (Å²) >= 11 is 0. The van der Waals surface area contributed by atoms with Crippen molar-refractivity contribution in [2.75, 3.05) is 6.61 Å². The molecule has 172 valence electrons. The first-order valence-corrected chi connectivity index (χ1v) is 11.1. The number of alkyl carbamates (subject to hydrolysis) is 1. The van der Waals surface area contributed by atoms with Crippen LogP contribution in [-0.4, -0.2) is 24.6 Å². The molecule has 6 heteroatoms. The lowest BCUT2D eigenvalue weighted by molar-refractivity contribution is -0.123. The number of carbonyl (C=O) groups is 2. The van der Waals surface area contributed by atoms with Gasteiger partial charge in [0, 0.05) is 19.6 Å². The Morgan fingerprint density at radius 2 is 1.33 bits per heavy atom. The lowest BCUT2D eigenvalue weighted by Gasteiger charge is -2.19. The van der Waals surface area contributed by atoms with Gasteiger partial charge in [-0.05, 0) is 29.2 Å². The maximum atomic E-state index is 12.9. The molecular weight excluding hydrogens is 416 g/mol. The van der Waals surface area contributed by atoms with Gasteiger partial charge in [-0.2, -0.15) is 0 Å². The summed E-state index contributed by atoms with van der Waals surface area (Å²) in [6, 6.07) is 26.1. The van der Waals surface area contributed by atoms with E-state index in [1.807, 2.05) is 91.9 Å². The quantitative estimate of drug-likeness (QED) is 0.458. The summed E-state index contributed by atoms with van der Waals surface area (Å²) in [7, 11) is 0. The van der Waals surface area contributed by atoms with Gasteiger partial charge < -0.3 is 20.1 Å². The molecule has 2 amide bonds. The standard InChI is InChI=1S/C27H30N2O4/c1-2-32-19-24-15-13-22(14-16-24)18-28-26(30)25(17-21-9-5-3-6-10-21)29-27(31)33-20-23-11-7-4-8-12-23/h3-16,25H,2,17-20H2,1H3,(H,28,30)(H,29,31). The number of hydrogen-bond donors (Lipinski definition) is 2. The van der Waals surface area contributed by atoms with Gasteiger partial charge in [0.25, 0.3) is 0 Å². The molecule has 0 aliphatic rings. The molecule has 0 spiro atoms. The summed E-state index contributed by atoms with van der Waals surface area (Å²) in [5.74, 6) is -0.270. The molecule has 0 aromatic heterocycles. The first-order chi connectivity index (χ1) is 16.1. The highest BCUT2D eigenvalue weighted by atomic mass is 16.5. The normalized spacial score (nSPS) is 11.4. The number of benzene rings is 3. The highest BCUT2D eigenvalue weighted by Crippen LogP contribution is 2.08. The van der Waals surface area contributed by atoms with Crippen molar-refractivity contribution in [3.8, 4) is 0 Å². The summed E-state index contributed by atoms with van der Waals surface area (Å²) in [4.78, 5) is 25.3. The fraction of sp³-hybridized carbons (Fsp3) is 0.259. The minimum absolute atomic E-state index is 0.139. The van der Waals surface area contributed by atoms with Crippen LogP contribution in [0.25, 0.3) is 0 Å². The molecule has 0 radical (unpaired) electrons. The van der Waals surface area contributed by atoms with Gasteiger partial charge in [-0.15, -0.1) is 0 Å². The molecule has 0 aliphatic carbocycles. The Morgan fingerprint density at radius 1 is 0.758 bits per heavy atom. The lowest BCUT2D eigenvalue weighted by atomic mass is 10.1. The fourth-order valence-electron chi connectivity index (χ4n) is 3.25. The van der Waals surface area contributed by atoms with E-state index in [-0.39, 0.29) is 12.5 Å². The predicted octanol–water partition coefficient (Wildman–Crippen LogP) is 4.38. The van der Waals surface area contributed by atoms with Gasteiger partial charge in [-0.1, -0.05) is 84.9 Å². The number of carbonyl (C=O) groups excluding carboxylic acids is 2. The van der Waals surface area contributed by atoms with Gasteiger partial charge in [-0.3, -0.25) is 4.79 Å². The number of rotatable bonds is 11. The average molecular weight is 447 g/mol. The first kappa shape index (κ1) is 24.0. The molecule has 3 rings (SSSR count). The van der Waals surface area contributed by atoms with Crippen LogP contribution in [0.15, 0.2) is 84.9 Å². The second kappa shape index (κ2) is 13.0. The summed E-state index contributed by atoms with van der Waals surface area (Å²) in [5.41, 5.74) is 3.87. The van der Waals surface area contributed by atoms with Gasteiger partial charge in [0.15, 0.2) is 0 Å². The smallest absolute Gasteiger partial charge is 0.408 e. The van der Waals surface area contributed by atoms with Crippen LogP contribution in [0.2, 0.25) is 0 Å². The predicted molar refractivity (Wildman–Crippen MR) is 127 cm³/mol. The molecule has 0 heterocycles. The van der Waals surface area contributed by atoms with Crippen molar-refractivity contribution in [2.24, 2.45) is 0 Å². The highest BCUT2D eigenvalue weighted by molar-refractivity contribution is 5.85. The van der Waals surface area contributed by atoms with Gasteiger partial charge in [0.2, 0.25) is 5.91 Å². The third-order valence-corrected chi connectivity index (χ3v) is 5.07. The molecule has 3 aromatic rings. The molecule has 6 nitrogen and oxygen atoms in total. The summed E-state index contributed by atoms with van der Waals surface area (Å²) in [6.45, 7) is 3.69. The van der Waals surface area contributed by atoms with E-state index < -0.39 is 12.1 Å². The monoisotopic (exact) mass is 446 g/mol. The summed E-state index contributed by atoms with van der Waals surface area (Å²) in [5, 5.41) is 5.63. The molecule has 1 atom stereocenters. The molecule has 3 aromatic carbocycles. The molecule has 33 heavy (non-hydrogen) atoms. The Bertz CT molecular complexity index is 992. The van der Waals surface area contributed by atoms with Gasteiger partial charge in [0.05, 0.1) is 6.61 Å². The molecular formula is C27H30N2O4. The van der Waals surface area contributed by atoms with Crippen molar-refractivity contribution in [1.29, 1.82) is 0 Å². The number of ether oxygens (including phenoxy) is 2. The van der Waals surface area contributed by atoms with Crippen molar-refractivity contribution in [3.63, 3.8) is 0 Å². The maximum Gasteiger partial charge on any atom is 0.408 e. The summed E-state index contributed by atoms with van der Waals surface area (Å²) in [6.07, 6.45) is -0.268.